The molecule has 0 unspecified atom stereocenters. The van der Waals surface area contributed by atoms with Crippen LogP contribution >= 0.6 is 0 Å². The normalized spacial score (nSPS) is 14.1. The molecule has 33 heavy (non-hydrogen) atoms. The maximum atomic E-state index is 13.2. The molecule has 0 saturated carbocycles. The van der Waals surface area contributed by atoms with Crippen molar-refractivity contribution in [3.63, 3.8) is 0 Å². The lowest BCUT2D eigenvalue weighted by atomic mass is 10.0. The molecule has 0 bridgehead atoms. The minimum Gasteiger partial charge on any atom is -0.351 e. The predicted molar refractivity (Wildman–Crippen MR) is 130 cm³/mol. The molecule has 1 aliphatic heterocycles. The fourth-order valence-corrected chi connectivity index (χ4v) is 4.39. The van der Waals surface area contributed by atoms with E-state index in [0.29, 0.717) is 24.2 Å². The first-order chi connectivity index (χ1) is 16.0. The Bertz CT molecular complexity index is 1110. The van der Waals surface area contributed by atoms with Crippen molar-refractivity contribution < 1.29 is 9.59 Å². The number of likely N-dealkylation sites (tertiary alicyclic amines) is 1. The van der Waals surface area contributed by atoms with E-state index in [0.717, 1.165) is 48.3 Å². The molecule has 0 atom stereocenters. The Hall–Kier alpha value is -3.41. The van der Waals surface area contributed by atoms with Crippen LogP contribution in [0.3, 0.4) is 0 Å². The minimum absolute atomic E-state index is 0.117. The van der Waals surface area contributed by atoms with Crippen LogP contribution in [-0.4, -0.2) is 46.1 Å². The van der Waals surface area contributed by atoms with Gasteiger partial charge in [0.05, 0.1) is 11.3 Å². The van der Waals surface area contributed by atoms with Crippen molar-refractivity contribution in [3.8, 4) is 16.9 Å². The van der Waals surface area contributed by atoms with Gasteiger partial charge in [0.2, 0.25) is 5.91 Å². The van der Waals surface area contributed by atoms with Gasteiger partial charge in [-0.2, -0.15) is 5.10 Å². The number of hydrogen-bond acceptors (Lipinski definition) is 3. The number of nitrogens with zero attached hydrogens (tertiary/aromatic N) is 3. The van der Waals surface area contributed by atoms with Gasteiger partial charge in [0.15, 0.2) is 0 Å². The lowest BCUT2D eigenvalue weighted by Gasteiger charge is -2.20. The van der Waals surface area contributed by atoms with Gasteiger partial charge >= 0.3 is 0 Å². The molecule has 2 amide bonds. The van der Waals surface area contributed by atoms with Gasteiger partial charge in [-0.25, -0.2) is 4.68 Å². The molecule has 0 aliphatic carbocycles. The molecule has 172 valence electrons. The van der Waals surface area contributed by atoms with Gasteiger partial charge in [-0.05, 0) is 44.4 Å². The van der Waals surface area contributed by atoms with Gasteiger partial charge < -0.3 is 10.2 Å². The molecule has 6 heteroatoms. The summed E-state index contributed by atoms with van der Waals surface area (Å²) >= 11 is 0. The first kappa shape index (κ1) is 22.8. The molecule has 1 N–H and O–H groups in total. The molecule has 1 saturated heterocycles. The van der Waals surface area contributed by atoms with Crippen LogP contribution in [0.4, 0.5) is 0 Å². The van der Waals surface area contributed by atoms with E-state index < -0.39 is 0 Å². The maximum Gasteiger partial charge on any atom is 0.255 e. The molecule has 4 rings (SSSR count). The van der Waals surface area contributed by atoms with E-state index in [4.69, 9.17) is 5.10 Å². The maximum absolute atomic E-state index is 13.2. The number of para-hydroxylation sites is 1. The highest BCUT2D eigenvalue weighted by molar-refractivity contribution is 6.00. The number of nitrogens with one attached hydrogen (secondary N) is 1. The van der Waals surface area contributed by atoms with Gasteiger partial charge in [0.25, 0.3) is 5.91 Å². The van der Waals surface area contributed by atoms with Crippen molar-refractivity contribution in [2.75, 3.05) is 19.6 Å². The Morgan fingerprint density at radius 1 is 0.970 bits per heavy atom. The second kappa shape index (κ2) is 10.5. The SMILES string of the molecule is Cc1ccc(-c2nn(-c3ccccc3)cc2C(=O)NCCC(=O)N2CCCCCC2)c(C)c1. The Labute approximate surface area is 195 Å². The predicted octanol–water partition coefficient (Wildman–Crippen LogP) is 4.68. The molecule has 1 aromatic heterocycles. The number of rotatable bonds is 6. The largest absolute Gasteiger partial charge is 0.351 e. The Morgan fingerprint density at radius 2 is 1.70 bits per heavy atom. The van der Waals surface area contributed by atoms with Crippen molar-refractivity contribution in [2.45, 2.75) is 46.0 Å². The van der Waals surface area contributed by atoms with Crippen molar-refractivity contribution >= 4 is 11.8 Å². The average Bonchev–Trinajstić information content (AvgIpc) is 3.06. The molecular formula is C27H32N4O2. The second-order valence-corrected chi connectivity index (χ2v) is 8.79. The van der Waals surface area contributed by atoms with E-state index in [-0.39, 0.29) is 11.8 Å². The number of carbonyl (C=O) groups excluding carboxylic acids is 2. The van der Waals surface area contributed by atoms with Gasteiger partial charge in [-0.15, -0.1) is 0 Å². The van der Waals surface area contributed by atoms with Gasteiger partial charge in [-0.1, -0.05) is 54.8 Å². The van der Waals surface area contributed by atoms with Crippen molar-refractivity contribution in [1.29, 1.82) is 0 Å². The molecule has 2 heterocycles. The summed E-state index contributed by atoms with van der Waals surface area (Å²) in [6.07, 6.45) is 6.60. The molecule has 1 fully saturated rings. The van der Waals surface area contributed by atoms with Crippen LogP contribution in [0.25, 0.3) is 16.9 Å². The zero-order chi connectivity index (χ0) is 23.2. The Kier molecular flexibility index (Phi) is 7.23. The summed E-state index contributed by atoms with van der Waals surface area (Å²) in [5.41, 5.74) is 5.20. The molecule has 6 nitrogen and oxygen atoms in total. The van der Waals surface area contributed by atoms with E-state index in [9.17, 15) is 9.59 Å². The molecule has 2 aromatic carbocycles. The van der Waals surface area contributed by atoms with Crippen molar-refractivity contribution in [1.82, 2.24) is 20.0 Å². The van der Waals surface area contributed by atoms with Crippen molar-refractivity contribution in [2.24, 2.45) is 0 Å². The lowest BCUT2D eigenvalue weighted by molar-refractivity contribution is -0.131. The third-order valence-electron chi connectivity index (χ3n) is 6.20. The molecule has 3 aromatic rings. The van der Waals surface area contributed by atoms with E-state index in [1.54, 1.807) is 10.9 Å². The number of aromatic nitrogens is 2. The molecular weight excluding hydrogens is 412 g/mol. The zero-order valence-electron chi connectivity index (χ0n) is 19.5. The first-order valence-corrected chi connectivity index (χ1v) is 11.8. The Balaban J connectivity index is 1.53. The van der Waals surface area contributed by atoms with E-state index in [1.165, 1.54) is 12.8 Å². The number of amides is 2. The summed E-state index contributed by atoms with van der Waals surface area (Å²) in [6, 6.07) is 15.9. The molecule has 0 radical (unpaired) electrons. The third-order valence-corrected chi connectivity index (χ3v) is 6.20. The zero-order valence-corrected chi connectivity index (χ0v) is 19.5. The topological polar surface area (TPSA) is 67.2 Å². The summed E-state index contributed by atoms with van der Waals surface area (Å²) in [7, 11) is 0. The van der Waals surface area contributed by atoms with Crippen LogP contribution < -0.4 is 5.32 Å². The highest BCUT2D eigenvalue weighted by atomic mass is 16.2. The van der Waals surface area contributed by atoms with E-state index >= 15 is 0 Å². The minimum atomic E-state index is -0.212. The standard InChI is InChI=1S/C27H32N4O2/c1-20-12-13-23(21(2)18-20)26-24(19-31(29-26)22-10-6-5-7-11-22)27(33)28-15-14-25(32)30-16-8-3-4-9-17-30/h5-7,10-13,18-19H,3-4,8-9,14-17H2,1-2H3,(H,28,33). The fourth-order valence-electron chi connectivity index (χ4n) is 4.39. The summed E-state index contributed by atoms with van der Waals surface area (Å²) in [5.74, 6) is -0.0948. The van der Waals surface area contributed by atoms with Gasteiger partial charge in [0.1, 0.15) is 5.69 Å². The van der Waals surface area contributed by atoms with Crippen LogP contribution in [0.1, 0.15) is 53.6 Å². The number of aryl methyl sites for hydroxylation is 2. The van der Waals surface area contributed by atoms with Gasteiger partial charge in [-0.3, -0.25) is 9.59 Å². The summed E-state index contributed by atoms with van der Waals surface area (Å²) < 4.78 is 1.74. The average molecular weight is 445 g/mol. The quantitative estimate of drug-likeness (QED) is 0.600. The second-order valence-electron chi connectivity index (χ2n) is 8.79. The summed E-state index contributed by atoms with van der Waals surface area (Å²) in [4.78, 5) is 27.7. The first-order valence-electron chi connectivity index (χ1n) is 11.8. The van der Waals surface area contributed by atoms with Crippen LogP contribution in [0.2, 0.25) is 0 Å². The smallest absolute Gasteiger partial charge is 0.255 e. The van der Waals surface area contributed by atoms with Crippen LogP contribution in [0, 0.1) is 13.8 Å². The highest BCUT2D eigenvalue weighted by Gasteiger charge is 2.21. The highest BCUT2D eigenvalue weighted by Crippen LogP contribution is 2.27. The third kappa shape index (κ3) is 5.51. The fraction of sp³-hybridized carbons (Fsp3) is 0.370. The molecule has 1 aliphatic rings. The monoisotopic (exact) mass is 444 g/mol. The summed E-state index contributed by atoms with van der Waals surface area (Å²) in [5, 5.41) is 7.72. The molecule has 0 spiro atoms. The Morgan fingerprint density at radius 3 is 2.39 bits per heavy atom. The number of carbonyl (C=O) groups is 2. The van der Waals surface area contributed by atoms with E-state index in [1.807, 2.05) is 61.2 Å². The summed E-state index contributed by atoms with van der Waals surface area (Å²) in [6.45, 7) is 6.05. The van der Waals surface area contributed by atoms with Crippen LogP contribution in [0.5, 0.6) is 0 Å². The van der Waals surface area contributed by atoms with E-state index in [2.05, 4.69) is 11.4 Å². The van der Waals surface area contributed by atoms with Crippen molar-refractivity contribution in [3.05, 3.63) is 71.4 Å². The number of benzene rings is 2. The van der Waals surface area contributed by atoms with Crippen LogP contribution in [0.15, 0.2) is 54.7 Å². The van der Waals surface area contributed by atoms with Crippen LogP contribution in [-0.2, 0) is 4.79 Å². The number of hydrogen-bond donors (Lipinski definition) is 1. The van der Waals surface area contributed by atoms with Gasteiger partial charge in [0, 0.05) is 37.8 Å². The lowest BCUT2D eigenvalue weighted by Crippen LogP contribution is -2.35.